The van der Waals surface area contributed by atoms with Crippen molar-refractivity contribution in [3.05, 3.63) is 30.1 Å². The Morgan fingerprint density at radius 3 is 2.85 bits per heavy atom. The summed E-state index contributed by atoms with van der Waals surface area (Å²) < 4.78 is 0. The quantitative estimate of drug-likeness (QED) is 0.640. The number of aromatic nitrogens is 1. The van der Waals surface area contributed by atoms with Crippen molar-refractivity contribution in [3.63, 3.8) is 0 Å². The molecule has 1 aliphatic rings. The topological polar surface area (TPSA) is 33.2 Å². The Bertz CT molecular complexity index is 304. The van der Waals surface area contributed by atoms with Gasteiger partial charge in [0.1, 0.15) is 0 Å². The van der Waals surface area contributed by atoms with Gasteiger partial charge in [-0.3, -0.25) is 9.78 Å². The van der Waals surface area contributed by atoms with Crippen molar-refractivity contribution in [1.29, 1.82) is 0 Å². The van der Waals surface area contributed by atoms with E-state index >= 15 is 0 Å². The van der Waals surface area contributed by atoms with Crippen molar-refractivity contribution in [2.75, 3.05) is 13.1 Å². The molecule has 0 atom stereocenters. The van der Waals surface area contributed by atoms with Crippen molar-refractivity contribution in [2.24, 2.45) is 0 Å². The summed E-state index contributed by atoms with van der Waals surface area (Å²) in [5, 5.41) is 0. The molecule has 2 heterocycles. The highest BCUT2D eigenvalue weighted by molar-refractivity contribution is 5.74. The van der Waals surface area contributed by atoms with Crippen molar-refractivity contribution >= 4 is 5.91 Å². The molecule has 2 rings (SSSR count). The summed E-state index contributed by atoms with van der Waals surface area (Å²) in [4.78, 5) is 17.0. The standard InChI is InChI=1S/C10H12N2O/c1-8(13)12-6-9(7-12)10-4-2-3-5-11-10/h2-5,9H,6-7H2,1H3. The number of hydrogen-bond acceptors (Lipinski definition) is 2. The molecule has 13 heavy (non-hydrogen) atoms. The third-order valence-corrected chi connectivity index (χ3v) is 2.43. The van der Waals surface area contributed by atoms with Gasteiger partial charge in [0.05, 0.1) is 0 Å². The number of rotatable bonds is 1. The lowest BCUT2D eigenvalue weighted by Gasteiger charge is -2.38. The van der Waals surface area contributed by atoms with Gasteiger partial charge in [0.2, 0.25) is 5.91 Å². The first kappa shape index (κ1) is 8.23. The Morgan fingerprint density at radius 1 is 1.54 bits per heavy atom. The molecule has 0 unspecified atom stereocenters. The molecule has 0 aromatic carbocycles. The molecule has 1 aromatic heterocycles. The molecule has 1 aliphatic heterocycles. The highest BCUT2D eigenvalue weighted by Crippen LogP contribution is 2.24. The maximum atomic E-state index is 10.9. The smallest absolute Gasteiger partial charge is 0.219 e. The summed E-state index contributed by atoms with van der Waals surface area (Å²) in [5.41, 5.74) is 1.10. The Morgan fingerprint density at radius 2 is 2.31 bits per heavy atom. The van der Waals surface area contributed by atoms with E-state index in [1.807, 2.05) is 23.1 Å². The van der Waals surface area contributed by atoms with E-state index in [1.54, 1.807) is 13.1 Å². The highest BCUT2D eigenvalue weighted by atomic mass is 16.2. The Labute approximate surface area is 77.4 Å². The lowest BCUT2D eigenvalue weighted by molar-refractivity contribution is -0.133. The second-order valence-electron chi connectivity index (χ2n) is 3.38. The van der Waals surface area contributed by atoms with Crippen molar-refractivity contribution in [3.8, 4) is 0 Å². The Balaban J connectivity index is 1.98. The van der Waals surface area contributed by atoms with E-state index in [9.17, 15) is 4.79 Å². The number of amides is 1. The summed E-state index contributed by atoms with van der Waals surface area (Å²) >= 11 is 0. The van der Waals surface area contributed by atoms with Gasteiger partial charge in [0.25, 0.3) is 0 Å². The van der Waals surface area contributed by atoms with Crippen LogP contribution in [0.5, 0.6) is 0 Å². The summed E-state index contributed by atoms with van der Waals surface area (Å²) in [6.07, 6.45) is 1.80. The van der Waals surface area contributed by atoms with Crippen molar-refractivity contribution in [1.82, 2.24) is 9.88 Å². The molecule has 3 heteroatoms. The van der Waals surface area contributed by atoms with Crippen LogP contribution in [0.1, 0.15) is 18.5 Å². The molecule has 1 amide bonds. The van der Waals surface area contributed by atoms with E-state index in [0.29, 0.717) is 5.92 Å². The minimum absolute atomic E-state index is 0.159. The summed E-state index contributed by atoms with van der Waals surface area (Å²) in [6.45, 7) is 3.26. The first-order chi connectivity index (χ1) is 6.27. The molecular weight excluding hydrogens is 164 g/mol. The molecule has 1 aromatic rings. The maximum absolute atomic E-state index is 10.9. The summed E-state index contributed by atoms with van der Waals surface area (Å²) in [5.74, 6) is 0.609. The van der Waals surface area contributed by atoms with Crippen molar-refractivity contribution < 1.29 is 4.79 Å². The summed E-state index contributed by atoms with van der Waals surface area (Å²) in [7, 11) is 0. The number of carbonyl (C=O) groups is 1. The number of nitrogens with zero attached hydrogens (tertiary/aromatic N) is 2. The zero-order valence-corrected chi connectivity index (χ0v) is 7.60. The first-order valence-corrected chi connectivity index (χ1v) is 4.44. The average Bonchev–Trinajstić information content (AvgIpc) is 2.02. The predicted molar refractivity (Wildman–Crippen MR) is 49.2 cm³/mol. The van der Waals surface area contributed by atoms with Gasteiger partial charge in [-0.1, -0.05) is 6.07 Å². The van der Waals surface area contributed by atoms with Gasteiger partial charge in [-0.15, -0.1) is 0 Å². The third kappa shape index (κ3) is 1.54. The van der Waals surface area contributed by atoms with Crippen LogP contribution in [-0.2, 0) is 4.79 Å². The molecule has 1 fully saturated rings. The van der Waals surface area contributed by atoms with Gasteiger partial charge in [-0.25, -0.2) is 0 Å². The van der Waals surface area contributed by atoms with E-state index in [1.165, 1.54) is 0 Å². The lowest BCUT2D eigenvalue weighted by atomic mass is 9.96. The van der Waals surface area contributed by atoms with Crippen LogP contribution in [0, 0.1) is 0 Å². The van der Waals surface area contributed by atoms with Crippen molar-refractivity contribution in [2.45, 2.75) is 12.8 Å². The van der Waals surface area contributed by atoms with Gasteiger partial charge < -0.3 is 4.90 Å². The van der Waals surface area contributed by atoms with E-state index < -0.39 is 0 Å². The molecule has 0 saturated carbocycles. The van der Waals surface area contributed by atoms with E-state index in [0.717, 1.165) is 18.8 Å². The van der Waals surface area contributed by atoms with Crippen LogP contribution in [0.15, 0.2) is 24.4 Å². The van der Waals surface area contributed by atoms with Gasteiger partial charge in [-0.2, -0.15) is 0 Å². The normalized spacial score (nSPS) is 16.8. The first-order valence-electron chi connectivity index (χ1n) is 4.44. The van der Waals surface area contributed by atoms with Gasteiger partial charge in [-0.05, 0) is 12.1 Å². The fraction of sp³-hybridized carbons (Fsp3) is 0.400. The lowest BCUT2D eigenvalue weighted by Crippen LogP contribution is -2.47. The van der Waals surface area contributed by atoms with Crippen LogP contribution >= 0.6 is 0 Å². The minimum atomic E-state index is 0.159. The van der Waals surface area contributed by atoms with E-state index in [4.69, 9.17) is 0 Å². The molecule has 1 saturated heterocycles. The molecule has 0 N–H and O–H groups in total. The van der Waals surface area contributed by atoms with Crippen LogP contribution < -0.4 is 0 Å². The van der Waals surface area contributed by atoms with Crippen LogP contribution in [0.4, 0.5) is 0 Å². The Kier molecular flexibility index (Phi) is 2.00. The molecule has 68 valence electrons. The number of hydrogen-bond donors (Lipinski definition) is 0. The fourth-order valence-electron chi connectivity index (χ4n) is 1.54. The zero-order valence-electron chi connectivity index (χ0n) is 7.60. The fourth-order valence-corrected chi connectivity index (χ4v) is 1.54. The minimum Gasteiger partial charge on any atom is -0.341 e. The largest absolute Gasteiger partial charge is 0.341 e. The van der Waals surface area contributed by atoms with Crippen LogP contribution in [0.25, 0.3) is 0 Å². The van der Waals surface area contributed by atoms with E-state index in [-0.39, 0.29) is 5.91 Å². The molecule has 0 bridgehead atoms. The average molecular weight is 176 g/mol. The SMILES string of the molecule is CC(=O)N1CC(c2ccccn2)C1. The van der Waals surface area contributed by atoms with Gasteiger partial charge in [0, 0.05) is 37.8 Å². The predicted octanol–water partition coefficient (Wildman–Crippen LogP) is 1.03. The van der Waals surface area contributed by atoms with Crippen LogP contribution in [-0.4, -0.2) is 28.9 Å². The molecule has 0 radical (unpaired) electrons. The molecular formula is C10H12N2O. The third-order valence-electron chi connectivity index (χ3n) is 2.43. The van der Waals surface area contributed by atoms with E-state index in [2.05, 4.69) is 4.98 Å². The summed E-state index contributed by atoms with van der Waals surface area (Å²) in [6, 6.07) is 5.91. The second-order valence-corrected chi connectivity index (χ2v) is 3.38. The zero-order chi connectivity index (χ0) is 9.26. The monoisotopic (exact) mass is 176 g/mol. The maximum Gasteiger partial charge on any atom is 0.219 e. The van der Waals surface area contributed by atoms with Crippen LogP contribution in [0.3, 0.4) is 0 Å². The van der Waals surface area contributed by atoms with Gasteiger partial charge >= 0.3 is 0 Å². The Hall–Kier alpha value is -1.38. The van der Waals surface area contributed by atoms with Crippen LogP contribution in [0.2, 0.25) is 0 Å². The molecule has 0 spiro atoms. The number of carbonyl (C=O) groups excluding carboxylic acids is 1. The second kappa shape index (κ2) is 3.17. The van der Waals surface area contributed by atoms with Gasteiger partial charge in [0.15, 0.2) is 0 Å². The highest BCUT2D eigenvalue weighted by Gasteiger charge is 2.30. The molecule has 3 nitrogen and oxygen atoms in total. The molecule has 0 aliphatic carbocycles. The number of likely N-dealkylation sites (tertiary alicyclic amines) is 1. The number of pyridine rings is 1.